The number of aliphatic carboxylic acids is 1. The number of aromatic hydroxyl groups is 2. The Balaban J connectivity index is 2.70. The number of carbonyl (C=O) groups is 2. The van der Waals surface area contributed by atoms with Crippen molar-refractivity contribution in [2.75, 3.05) is 0 Å². The number of phenolic OH excluding ortho intramolecular Hbond substituents is 2. The van der Waals surface area contributed by atoms with Gasteiger partial charge in [0.2, 0.25) is 0 Å². The minimum Gasteiger partial charge on any atom is -0.504 e. The summed E-state index contributed by atoms with van der Waals surface area (Å²) in [5, 5.41) is 29.3. The van der Waals surface area contributed by atoms with Crippen LogP contribution in [0.4, 0.5) is 0 Å². The quantitative estimate of drug-likeness (QED) is 0.578. The number of nitrogens with one attached hydrogen (secondary N) is 1. The summed E-state index contributed by atoms with van der Waals surface area (Å²) in [7, 11) is 0. The molecule has 92 valence electrons. The van der Waals surface area contributed by atoms with E-state index in [1.54, 1.807) is 6.92 Å². The fraction of sp³-hybridized carbons (Fsp3) is 0.273. The summed E-state index contributed by atoms with van der Waals surface area (Å²) >= 11 is 0. The lowest BCUT2D eigenvalue weighted by molar-refractivity contribution is -0.137. The Bertz CT molecular complexity index is 443. The molecule has 1 aromatic carbocycles. The Labute approximate surface area is 97.5 Å². The van der Waals surface area contributed by atoms with Gasteiger partial charge in [-0.2, -0.15) is 0 Å². The smallest absolute Gasteiger partial charge is 0.305 e. The molecule has 0 aliphatic heterocycles. The van der Waals surface area contributed by atoms with Gasteiger partial charge in [-0.05, 0) is 25.1 Å². The van der Waals surface area contributed by atoms with Gasteiger partial charge >= 0.3 is 5.97 Å². The summed E-state index contributed by atoms with van der Waals surface area (Å²) < 4.78 is 0. The molecule has 1 aromatic rings. The van der Waals surface area contributed by atoms with E-state index in [4.69, 9.17) is 10.2 Å². The van der Waals surface area contributed by atoms with Crippen molar-refractivity contribution in [2.24, 2.45) is 0 Å². The number of carbonyl (C=O) groups excluding carboxylic acids is 1. The molecule has 0 bridgehead atoms. The number of hydrogen-bond acceptors (Lipinski definition) is 4. The zero-order valence-corrected chi connectivity index (χ0v) is 9.17. The molecule has 6 heteroatoms. The normalized spacial score (nSPS) is 11.8. The van der Waals surface area contributed by atoms with Gasteiger partial charge in [0.1, 0.15) is 0 Å². The van der Waals surface area contributed by atoms with Gasteiger partial charge in [-0.15, -0.1) is 0 Å². The van der Waals surface area contributed by atoms with Crippen molar-refractivity contribution < 1.29 is 24.9 Å². The fourth-order valence-corrected chi connectivity index (χ4v) is 1.28. The molecule has 0 radical (unpaired) electrons. The summed E-state index contributed by atoms with van der Waals surface area (Å²) in [6, 6.07) is 3.11. The first-order valence-electron chi connectivity index (χ1n) is 4.94. The summed E-state index contributed by atoms with van der Waals surface area (Å²) in [6.45, 7) is 1.56. The first-order valence-corrected chi connectivity index (χ1v) is 4.94. The minimum absolute atomic E-state index is 0.150. The fourth-order valence-electron chi connectivity index (χ4n) is 1.28. The lowest BCUT2D eigenvalue weighted by atomic mass is 10.1. The van der Waals surface area contributed by atoms with E-state index in [0.29, 0.717) is 0 Å². The lowest BCUT2D eigenvalue weighted by Gasteiger charge is -2.11. The summed E-state index contributed by atoms with van der Waals surface area (Å²) in [6.07, 6.45) is -0.185. The molecule has 0 aliphatic carbocycles. The average Bonchev–Trinajstić information content (AvgIpc) is 2.20. The van der Waals surface area contributed by atoms with Crippen molar-refractivity contribution in [1.29, 1.82) is 0 Å². The van der Waals surface area contributed by atoms with Gasteiger partial charge < -0.3 is 20.6 Å². The van der Waals surface area contributed by atoms with E-state index in [9.17, 15) is 14.7 Å². The number of carboxylic acids is 1. The lowest BCUT2D eigenvalue weighted by Crippen LogP contribution is -2.34. The van der Waals surface area contributed by atoms with Crippen LogP contribution in [0.2, 0.25) is 0 Å². The molecule has 1 unspecified atom stereocenters. The zero-order valence-electron chi connectivity index (χ0n) is 9.17. The highest BCUT2D eigenvalue weighted by molar-refractivity contribution is 5.95. The van der Waals surface area contributed by atoms with Crippen LogP contribution < -0.4 is 5.32 Å². The summed E-state index contributed by atoms with van der Waals surface area (Å²) in [5.41, 5.74) is 0.150. The second-order valence-electron chi connectivity index (χ2n) is 3.68. The maximum absolute atomic E-state index is 11.6. The molecule has 1 rings (SSSR count). The molecule has 0 saturated heterocycles. The van der Waals surface area contributed by atoms with E-state index < -0.39 is 23.7 Å². The van der Waals surface area contributed by atoms with Crippen LogP contribution in [0.3, 0.4) is 0 Å². The summed E-state index contributed by atoms with van der Waals surface area (Å²) in [4.78, 5) is 22.0. The maximum atomic E-state index is 11.6. The van der Waals surface area contributed by atoms with Crippen LogP contribution >= 0.6 is 0 Å². The van der Waals surface area contributed by atoms with Crippen molar-refractivity contribution in [3.63, 3.8) is 0 Å². The molecule has 4 N–H and O–H groups in total. The number of benzene rings is 1. The van der Waals surface area contributed by atoms with Crippen LogP contribution in [0.15, 0.2) is 18.2 Å². The Kier molecular flexibility index (Phi) is 3.92. The second-order valence-corrected chi connectivity index (χ2v) is 3.68. The third kappa shape index (κ3) is 3.67. The molecule has 1 atom stereocenters. The van der Waals surface area contributed by atoms with Crippen molar-refractivity contribution in [3.05, 3.63) is 23.8 Å². The van der Waals surface area contributed by atoms with E-state index in [2.05, 4.69) is 5.32 Å². The minimum atomic E-state index is -1.01. The highest BCUT2D eigenvalue weighted by Gasteiger charge is 2.13. The second kappa shape index (κ2) is 5.20. The molecule has 0 aromatic heterocycles. The predicted octanol–water partition coefficient (Wildman–Crippen LogP) is 0.691. The van der Waals surface area contributed by atoms with Crippen molar-refractivity contribution >= 4 is 11.9 Å². The Hall–Kier alpha value is -2.24. The average molecular weight is 239 g/mol. The maximum Gasteiger partial charge on any atom is 0.305 e. The number of rotatable bonds is 4. The molecule has 0 saturated carbocycles. The monoisotopic (exact) mass is 239 g/mol. The van der Waals surface area contributed by atoms with Crippen LogP contribution in [0.1, 0.15) is 23.7 Å². The van der Waals surface area contributed by atoms with E-state index in [1.165, 1.54) is 12.1 Å². The molecule has 0 heterocycles. The van der Waals surface area contributed by atoms with Crippen LogP contribution in [0, 0.1) is 0 Å². The van der Waals surface area contributed by atoms with Gasteiger partial charge in [0.15, 0.2) is 11.5 Å². The van der Waals surface area contributed by atoms with Gasteiger partial charge in [0.05, 0.1) is 6.42 Å². The largest absolute Gasteiger partial charge is 0.504 e. The SMILES string of the molecule is CC(CC(=O)O)NC(=O)c1ccc(O)c(O)c1. The number of phenols is 2. The number of amides is 1. The number of carboxylic acid groups (broad SMARTS) is 1. The van der Waals surface area contributed by atoms with Gasteiger partial charge in [0, 0.05) is 11.6 Å². The third-order valence-corrected chi connectivity index (χ3v) is 2.10. The Morgan fingerprint density at radius 3 is 2.47 bits per heavy atom. The highest BCUT2D eigenvalue weighted by atomic mass is 16.4. The van der Waals surface area contributed by atoms with Crippen LogP contribution in [0.5, 0.6) is 11.5 Å². The van der Waals surface area contributed by atoms with E-state index in [-0.39, 0.29) is 17.7 Å². The topological polar surface area (TPSA) is 107 Å². The van der Waals surface area contributed by atoms with Gasteiger partial charge in [-0.1, -0.05) is 0 Å². The van der Waals surface area contributed by atoms with Gasteiger partial charge in [-0.3, -0.25) is 9.59 Å². The van der Waals surface area contributed by atoms with Gasteiger partial charge in [-0.25, -0.2) is 0 Å². The van der Waals surface area contributed by atoms with Gasteiger partial charge in [0.25, 0.3) is 5.91 Å². The standard InChI is InChI=1S/C11H13NO5/c1-6(4-10(15)16)12-11(17)7-2-3-8(13)9(14)5-7/h2-3,5-6,13-14H,4H2,1H3,(H,12,17)(H,15,16). The molecular formula is C11H13NO5. The first kappa shape index (κ1) is 12.8. The van der Waals surface area contributed by atoms with Crippen molar-refractivity contribution in [3.8, 4) is 11.5 Å². The molecular weight excluding hydrogens is 226 g/mol. The van der Waals surface area contributed by atoms with Crippen LogP contribution in [-0.2, 0) is 4.79 Å². The first-order chi connectivity index (χ1) is 7.90. The molecule has 0 fully saturated rings. The third-order valence-electron chi connectivity index (χ3n) is 2.10. The number of hydrogen-bond donors (Lipinski definition) is 4. The van der Waals surface area contributed by atoms with E-state index in [1.807, 2.05) is 0 Å². The Morgan fingerprint density at radius 1 is 1.29 bits per heavy atom. The Morgan fingerprint density at radius 2 is 1.94 bits per heavy atom. The van der Waals surface area contributed by atoms with E-state index >= 15 is 0 Å². The molecule has 0 spiro atoms. The van der Waals surface area contributed by atoms with E-state index in [0.717, 1.165) is 6.07 Å². The molecule has 1 amide bonds. The van der Waals surface area contributed by atoms with Crippen molar-refractivity contribution in [2.45, 2.75) is 19.4 Å². The van der Waals surface area contributed by atoms with Crippen LogP contribution in [0.25, 0.3) is 0 Å². The predicted molar refractivity (Wildman–Crippen MR) is 59.0 cm³/mol. The van der Waals surface area contributed by atoms with Crippen LogP contribution in [-0.4, -0.2) is 33.2 Å². The zero-order chi connectivity index (χ0) is 13.0. The molecule has 0 aliphatic rings. The molecule has 17 heavy (non-hydrogen) atoms. The van der Waals surface area contributed by atoms with Crippen molar-refractivity contribution in [1.82, 2.24) is 5.32 Å². The molecule has 6 nitrogen and oxygen atoms in total. The highest BCUT2D eigenvalue weighted by Crippen LogP contribution is 2.24. The summed E-state index contributed by atoms with van der Waals surface area (Å²) in [5.74, 6) is -2.23.